The van der Waals surface area contributed by atoms with Crippen LogP contribution >= 0.6 is 11.3 Å². The molecule has 6 nitrogen and oxygen atoms in total. The third kappa shape index (κ3) is 4.00. The number of nitrogens with one attached hydrogen (secondary N) is 1. The Morgan fingerprint density at radius 1 is 1.00 bits per heavy atom. The first-order valence-corrected chi connectivity index (χ1v) is 11.5. The molecular formula is C21H20N4O2S2. The molecule has 4 rings (SSSR count). The number of nitrogens with two attached hydrogens (primary N) is 1. The smallest absolute Gasteiger partial charge is 0.238 e. The fourth-order valence-electron chi connectivity index (χ4n) is 3.09. The summed E-state index contributed by atoms with van der Waals surface area (Å²) in [5.41, 5.74) is 4.16. The van der Waals surface area contributed by atoms with Crippen LogP contribution in [0.4, 0.5) is 11.5 Å². The molecule has 148 valence electrons. The number of primary sulfonamides is 1. The van der Waals surface area contributed by atoms with Crippen LogP contribution in [0.1, 0.15) is 25.3 Å². The lowest BCUT2D eigenvalue weighted by atomic mass is 9.99. The van der Waals surface area contributed by atoms with Gasteiger partial charge in [-0.2, -0.15) is 0 Å². The molecule has 2 aromatic heterocycles. The van der Waals surface area contributed by atoms with E-state index in [2.05, 4.69) is 58.8 Å². The van der Waals surface area contributed by atoms with Crippen LogP contribution in [0.2, 0.25) is 0 Å². The number of thiophene rings is 1. The van der Waals surface area contributed by atoms with Crippen molar-refractivity contribution in [3.8, 4) is 11.1 Å². The minimum absolute atomic E-state index is 0.0670. The Bertz CT molecular complexity index is 1260. The molecule has 2 aromatic carbocycles. The van der Waals surface area contributed by atoms with Crippen LogP contribution in [0.3, 0.4) is 0 Å². The van der Waals surface area contributed by atoms with Gasteiger partial charge in [-0.05, 0) is 41.3 Å². The fourth-order valence-corrected chi connectivity index (χ4v) is 4.53. The Hall–Kier alpha value is -2.81. The SMILES string of the molecule is CC(C)c1ccc(-c2csc3ncnc(Nc4ccc(S(N)(=O)=O)cc4)c23)cc1. The van der Waals surface area contributed by atoms with Gasteiger partial charge in [0.1, 0.15) is 17.0 Å². The zero-order valence-corrected chi connectivity index (χ0v) is 17.6. The number of rotatable bonds is 5. The maximum atomic E-state index is 11.4. The van der Waals surface area contributed by atoms with Crippen molar-refractivity contribution in [2.45, 2.75) is 24.7 Å². The second kappa shape index (κ2) is 7.55. The number of sulfonamides is 1. The van der Waals surface area contributed by atoms with Gasteiger partial charge < -0.3 is 5.32 Å². The average Bonchev–Trinajstić information content (AvgIpc) is 3.13. The minimum Gasteiger partial charge on any atom is -0.340 e. The number of nitrogens with zero attached hydrogens (tertiary/aromatic N) is 2. The minimum atomic E-state index is -3.72. The van der Waals surface area contributed by atoms with E-state index >= 15 is 0 Å². The van der Waals surface area contributed by atoms with Crippen LogP contribution in [-0.2, 0) is 10.0 Å². The summed E-state index contributed by atoms with van der Waals surface area (Å²) in [4.78, 5) is 9.76. The molecule has 0 atom stereocenters. The molecule has 8 heteroatoms. The van der Waals surface area contributed by atoms with E-state index in [0.29, 0.717) is 17.4 Å². The maximum Gasteiger partial charge on any atom is 0.238 e. The number of aromatic nitrogens is 2. The van der Waals surface area contributed by atoms with Gasteiger partial charge >= 0.3 is 0 Å². The number of benzene rings is 2. The van der Waals surface area contributed by atoms with Gasteiger partial charge in [0.2, 0.25) is 10.0 Å². The topological polar surface area (TPSA) is 98.0 Å². The molecule has 0 radical (unpaired) electrons. The summed E-state index contributed by atoms with van der Waals surface area (Å²) in [7, 11) is -3.72. The van der Waals surface area contributed by atoms with Gasteiger partial charge in [0.15, 0.2) is 0 Å². The maximum absolute atomic E-state index is 11.4. The summed E-state index contributed by atoms with van der Waals surface area (Å²) >= 11 is 1.56. The molecule has 3 N–H and O–H groups in total. The summed E-state index contributed by atoms with van der Waals surface area (Å²) in [6.45, 7) is 4.35. The Kier molecular flexibility index (Phi) is 5.08. The lowest BCUT2D eigenvalue weighted by Gasteiger charge is -2.10. The lowest BCUT2D eigenvalue weighted by molar-refractivity contribution is 0.598. The Morgan fingerprint density at radius 2 is 1.69 bits per heavy atom. The molecule has 0 bridgehead atoms. The number of fused-ring (bicyclic) bond motifs is 1. The van der Waals surface area contributed by atoms with Crippen molar-refractivity contribution in [1.82, 2.24) is 9.97 Å². The second-order valence-electron chi connectivity index (χ2n) is 7.02. The van der Waals surface area contributed by atoms with Gasteiger partial charge in [0, 0.05) is 16.6 Å². The van der Waals surface area contributed by atoms with Crippen molar-refractivity contribution in [2.24, 2.45) is 5.14 Å². The molecule has 2 heterocycles. The molecule has 0 aliphatic rings. The van der Waals surface area contributed by atoms with Gasteiger partial charge in [-0.15, -0.1) is 11.3 Å². The predicted molar refractivity (Wildman–Crippen MR) is 118 cm³/mol. The van der Waals surface area contributed by atoms with E-state index in [0.717, 1.165) is 21.3 Å². The highest BCUT2D eigenvalue weighted by molar-refractivity contribution is 7.89. The van der Waals surface area contributed by atoms with E-state index in [9.17, 15) is 8.42 Å². The summed E-state index contributed by atoms with van der Waals surface area (Å²) < 4.78 is 22.9. The molecule has 29 heavy (non-hydrogen) atoms. The van der Waals surface area contributed by atoms with Gasteiger partial charge in [0.25, 0.3) is 0 Å². The van der Waals surface area contributed by atoms with Crippen LogP contribution in [0, 0.1) is 0 Å². The van der Waals surface area contributed by atoms with Crippen molar-refractivity contribution in [2.75, 3.05) is 5.32 Å². The highest BCUT2D eigenvalue weighted by atomic mass is 32.2. The molecule has 0 unspecified atom stereocenters. The Balaban J connectivity index is 1.73. The van der Waals surface area contributed by atoms with E-state index in [1.165, 1.54) is 24.0 Å². The largest absolute Gasteiger partial charge is 0.340 e. The van der Waals surface area contributed by atoms with E-state index in [1.54, 1.807) is 23.5 Å². The molecule has 0 amide bonds. The van der Waals surface area contributed by atoms with Crippen LogP contribution in [-0.4, -0.2) is 18.4 Å². The molecule has 0 spiro atoms. The van der Waals surface area contributed by atoms with Crippen LogP contribution in [0.5, 0.6) is 0 Å². The van der Waals surface area contributed by atoms with Gasteiger partial charge in [-0.1, -0.05) is 38.1 Å². The molecule has 0 saturated carbocycles. The van der Waals surface area contributed by atoms with Crippen molar-refractivity contribution in [3.63, 3.8) is 0 Å². The Labute approximate surface area is 173 Å². The zero-order chi connectivity index (χ0) is 20.6. The van der Waals surface area contributed by atoms with Crippen LogP contribution < -0.4 is 10.5 Å². The second-order valence-corrected chi connectivity index (χ2v) is 9.44. The average molecular weight is 425 g/mol. The van der Waals surface area contributed by atoms with E-state index < -0.39 is 10.0 Å². The van der Waals surface area contributed by atoms with Crippen LogP contribution in [0.15, 0.2) is 65.1 Å². The molecule has 0 aliphatic carbocycles. The van der Waals surface area contributed by atoms with Gasteiger partial charge in [0.05, 0.1) is 10.3 Å². The van der Waals surface area contributed by atoms with E-state index in [1.807, 2.05) is 0 Å². The van der Waals surface area contributed by atoms with Crippen molar-refractivity contribution in [1.29, 1.82) is 0 Å². The molecule has 0 fully saturated rings. The molecular weight excluding hydrogens is 404 g/mol. The third-order valence-electron chi connectivity index (χ3n) is 4.70. The highest BCUT2D eigenvalue weighted by Gasteiger charge is 2.14. The Morgan fingerprint density at radius 3 is 2.31 bits per heavy atom. The van der Waals surface area contributed by atoms with E-state index in [4.69, 9.17) is 5.14 Å². The predicted octanol–water partition coefficient (Wildman–Crippen LogP) is 4.87. The quantitative estimate of drug-likeness (QED) is 0.476. The number of anilines is 2. The third-order valence-corrected chi connectivity index (χ3v) is 6.52. The first-order valence-electron chi connectivity index (χ1n) is 9.05. The van der Waals surface area contributed by atoms with Gasteiger partial charge in [-0.3, -0.25) is 0 Å². The van der Waals surface area contributed by atoms with Gasteiger partial charge in [-0.25, -0.2) is 23.5 Å². The van der Waals surface area contributed by atoms with Crippen molar-refractivity contribution in [3.05, 3.63) is 65.8 Å². The highest BCUT2D eigenvalue weighted by Crippen LogP contribution is 2.37. The standard InChI is InChI=1S/C21H20N4O2S2/c1-13(2)14-3-5-15(6-4-14)18-11-28-21-19(18)20(23-12-24-21)25-16-7-9-17(10-8-16)29(22,26)27/h3-13H,1-2H3,(H2,22,26,27)(H,23,24,25). The summed E-state index contributed by atoms with van der Waals surface area (Å²) in [6.07, 6.45) is 1.52. The normalized spacial score (nSPS) is 11.9. The first kappa shape index (κ1) is 19.5. The van der Waals surface area contributed by atoms with Crippen molar-refractivity contribution >= 4 is 43.1 Å². The molecule has 0 saturated heterocycles. The first-order chi connectivity index (χ1) is 13.8. The zero-order valence-electron chi connectivity index (χ0n) is 16.0. The summed E-state index contributed by atoms with van der Waals surface area (Å²) in [5.74, 6) is 1.15. The summed E-state index contributed by atoms with van der Waals surface area (Å²) in [6, 6.07) is 14.8. The monoisotopic (exact) mass is 424 g/mol. The summed E-state index contributed by atoms with van der Waals surface area (Å²) in [5, 5.41) is 11.5. The van der Waals surface area contributed by atoms with Crippen LogP contribution in [0.25, 0.3) is 21.3 Å². The number of hydrogen-bond acceptors (Lipinski definition) is 6. The fraction of sp³-hybridized carbons (Fsp3) is 0.143. The molecule has 4 aromatic rings. The molecule has 0 aliphatic heterocycles. The van der Waals surface area contributed by atoms with E-state index in [-0.39, 0.29) is 4.90 Å². The lowest BCUT2D eigenvalue weighted by Crippen LogP contribution is -2.11. The number of hydrogen-bond donors (Lipinski definition) is 2. The van der Waals surface area contributed by atoms with Crippen molar-refractivity contribution < 1.29 is 8.42 Å².